The van der Waals surface area contributed by atoms with Crippen LogP contribution < -0.4 is 0 Å². The van der Waals surface area contributed by atoms with E-state index in [0.717, 1.165) is 51.5 Å². The molecular formula is C20H30N4O. The van der Waals surface area contributed by atoms with Crippen molar-refractivity contribution >= 4 is 0 Å². The van der Waals surface area contributed by atoms with Gasteiger partial charge in [0.2, 0.25) is 0 Å². The summed E-state index contributed by atoms with van der Waals surface area (Å²) < 4.78 is 2.25. The number of rotatable bonds is 7. The van der Waals surface area contributed by atoms with E-state index in [1.165, 1.54) is 5.56 Å². The van der Waals surface area contributed by atoms with Crippen LogP contribution in [0.3, 0.4) is 0 Å². The predicted octanol–water partition coefficient (Wildman–Crippen LogP) is 2.21. The van der Waals surface area contributed by atoms with Crippen molar-refractivity contribution in [1.82, 2.24) is 19.4 Å². The van der Waals surface area contributed by atoms with Gasteiger partial charge in [0.1, 0.15) is 5.82 Å². The molecule has 1 fully saturated rings. The van der Waals surface area contributed by atoms with Gasteiger partial charge in [-0.15, -0.1) is 0 Å². The molecule has 0 amide bonds. The van der Waals surface area contributed by atoms with Gasteiger partial charge in [0.25, 0.3) is 0 Å². The lowest BCUT2D eigenvalue weighted by Gasteiger charge is -2.41. The van der Waals surface area contributed by atoms with Gasteiger partial charge in [-0.3, -0.25) is 9.80 Å². The number of aromatic nitrogens is 2. The Morgan fingerprint density at radius 2 is 2.00 bits per heavy atom. The predicted molar refractivity (Wildman–Crippen MR) is 100 cm³/mol. The van der Waals surface area contributed by atoms with E-state index in [0.29, 0.717) is 6.04 Å². The van der Waals surface area contributed by atoms with E-state index in [9.17, 15) is 5.11 Å². The molecule has 2 atom stereocenters. The number of β-amino-alcohol motifs (C(OH)–C–C–N with tert-alkyl or cyclic N) is 1. The maximum Gasteiger partial charge on any atom is 0.123 e. The molecule has 1 aliphatic rings. The molecule has 0 radical (unpaired) electrons. The largest absolute Gasteiger partial charge is 0.392 e. The van der Waals surface area contributed by atoms with E-state index in [-0.39, 0.29) is 6.10 Å². The van der Waals surface area contributed by atoms with Crippen LogP contribution in [0.15, 0.2) is 42.7 Å². The number of hydrogen-bond donors (Lipinski definition) is 1. The second-order valence-corrected chi connectivity index (χ2v) is 7.10. The monoisotopic (exact) mass is 342 g/mol. The Hall–Kier alpha value is -1.69. The maximum atomic E-state index is 9.70. The molecule has 1 aromatic carbocycles. The first-order valence-electron chi connectivity index (χ1n) is 9.34. The van der Waals surface area contributed by atoms with Crippen molar-refractivity contribution in [3.05, 3.63) is 54.1 Å². The summed E-state index contributed by atoms with van der Waals surface area (Å²) >= 11 is 0. The zero-order valence-electron chi connectivity index (χ0n) is 15.4. The quantitative estimate of drug-likeness (QED) is 0.838. The molecule has 1 aromatic heterocycles. The fraction of sp³-hybridized carbons (Fsp3) is 0.550. The number of aliphatic hydroxyl groups excluding tert-OH is 1. The fourth-order valence-electron chi connectivity index (χ4n) is 3.68. The molecule has 0 bridgehead atoms. The van der Waals surface area contributed by atoms with Crippen molar-refractivity contribution < 1.29 is 5.11 Å². The molecule has 5 nitrogen and oxygen atoms in total. The number of piperazine rings is 1. The topological polar surface area (TPSA) is 44.5 Å². The van der Waals surface area contributed by atoms with Crippen LogP contribution >= 0.6 is 0 Å². The highest BCUT2D eigenvalue weighted by molar-refractivity contribution is 5.15. The van der Waals surface area contributed by atoms with Crippen molar-refractivity contribution in [3.8, 4) is 0 Å². The average molecular weight is 342 g/mol. The van der Waals surface area contributed by atoms with Gasteiger partial charge >= 0.3 is 0 Å². The van der Waals surface area contributed by atoms with E-state index in [1.807, 2.05) is 13.1 Å². The molecule has 1 saturated heterocycles. The minimum atomic E-state index is -0.259. The van der Waals surface area contributed by atoms with Crippen LogP contribution in [0.5, 0.6) is 0 Å². The molecule has 25 heavy (non-hydrogen) atoms. The summed E-state index contributed by atoms with van der Waals surface area (Å²) in [6, 6.07) is 11.0. The third-order valence-corrected chi connectivity index (χ3v) is 5.02. The normalized spacial score (nSPS) is 20.7. The molecule has 5 heteroatoms. The van der Waals surface area contributed by atoms with Gasteiger partial charge in [-0.25, -0.2) is 4.98 Å². The number of aliphatic hydroxyl groups is 1. The Kier molecular flexibility index (Phi) is 6.24. The molecule has 1 aliphatic heterocycles. The van der Waals surface area contributed by atoms with Crippen LogP contribution in [0, 0.1) is 0 Å². The number of hydrogen-bond acceptors (Lipinski definition) is 4. The van der Waals surface area contributed by atoms with Crippen LogP contribution in [0.2, 0.25) is 0 Å². The lowest BCUT2D eigenvalue weighted by atomic mass is 10.1. The smallest absolute Gasteiger partial charge is 0.123 e. The second kappa shape index (κ2) is 8.61. The first kappa shape index (κ1) is 18.1. The summed E-state index contributed by atoms with van der Waals surface area (Å²) in [7, 11) is 0. The summed E-state index contributed by atoms with van der Waals surface area (Å²) in [5, 5.41) is 9.70. The SMILES string of the molecule is CC[C@@H]1CN(Cc2nccn2Cc2ccccc2)CCN1C[C@@H](C)O. The van der Waals surface area contributed by atoms with E-state index < -0.39 is 0 Å². The third-order valence-electron chi connectivity index (χ3n) is 5.02. The van der Waals surface area contributed by atoms with Crippen molar-refractivity contribution in [3.63, 3.8) is 0 Å². The Balaban J connectivity index is 1.61. The van der Waals surface area contributed by atoms with Crippen molar-refractivity contribution in [2.75, 3.05) is 26.2 Å². The molecule has 0 unspecified atom stereocenters. The lowest BCUT2D eigenvalue weighted by Crippen LogP contribution is -2.54. The summed E-state index contributed by atoms with van der Waals surface area (Å²) in [6.07, 6.45) is 4.83. The van der Waals surface area contributed by atoms with Crippen LogP contribution in [0.4, 0.5) is 0 Å². The maximum absolute atomic E-state index is 9.70. The van der Waals surface area contributed by atoms with E-state index in [4.69, 9.17) is 0 Å². The van der Waals surface area contributed by atoms with Crippen molar-refractivity contribution in [1.29, 1.82) is 0 Å². The van der Waals surface area contributed by atoms with Crippen molar-refractivity contribution in [2.24, 2.45) is 0 Å². The molecule has 1 N–H and O–H groups in total. The van der Waals surface area contributed by atoms with Crippen LogP contribution in [0.25, 0.3) is 0 Å². The fourth-order valence-corrected chi connectivity index (χ4v) is 3.68. The minimum absolute atomic E-state index is 0.259. The molecule has 2 aromatic rings. The Labute approximate surface area is 150 Å². The van der Waals surface area contributed by atoms with E-state index in [1.54, 1.807) is 0 Å². The second-order valence-electron chi connectivity index (χ2n) is 7.10. The van der Waals surface area contributed by atoms with Gasteiger partial charge < -0.3 is 9.67 Å². The van der Waals surface area contributed by atoms with E-state index in [2.05, 4.69) is 62.8 Å². The van der Waals surface area contributed by atoms with Crippen molar-refractivity contribution in [2.45, 2.75) is 45.5 Å². The molecule has 0 spiro atoms. The molecule has 136 valence electrons. The van der Waals surface area contributed by atoms with Crippen LogP contribution in [-0.4, -0.2) is 62.8 Å². The first-order chi connectivity index (χ1) is 12.2. The third kappa shape index (κ3) is 4.91. The highest BCUT2D eigenvalue weighted by atomic mass is 16.3. The average Bonchev–Trinajstić information content (AvgIpc) is 3.03. The number of nitrogens with zero attached hydrogens (tertiary/aromatic N) is 4. The minimum Gasteiger partial charge on any atom is -0.392 e. The summed E-state index contributed by atoms with van der Waals surface area (Å²) in [4.78, 5) is 9.52. The van der Waals surface area contributed by atoms with Crippen LogP contribution in [-0.2, 0) is 13.1 Å². The zero-order chi connectivity index (χ0) is 17.6. The van der Waals surface area contributed by atoms with E-state index >= 15 is 0 Å². The van der Waals surface area contributed by atoms with Gasteiger partial charge in [0, 0.05) is 51.2 Å². The van der Waals surface area contributed by atoms with Gasteiger partial charge in [-0.05, 0) is 18.9 Å². The summed E-state index contributed by atoms with van der Waals surface area (Å²) in [6.45, 7) is 9.73. The number of benzene rings is 1. The summed E-state index contributed by atoms with van der Waals surface area (Å²) in [5.41, 5.74) is 1.30. The van der Waals surface area contributed by atoms with Gasteiger partial charge in [-0.1, -0.05) is 37.3 Å². The molecule has 0 saturated carbocycles. The highest BCUT2D eigenvalue weighted by Gasteiger charge is 2.27. The highest BCUT2D eigenvalue weighted by Crippen LogP contribution is 2.16. The standard InChI is InChI=1S/C20H30N4O/c1-3-19-15-22(11-12-23(19)13-17(2)25)16-20-21-9-10-24(20)14-18-7-5-4-6-8-18/h4-10,17,19,25H,3,11-16H2,1-2H3/t17-,19-/m1/s1. The van der Waals surface area contributed by atoms with Gasteiger partial charge in [0.05, 0.1) is 12.6 Å². The van der Waals surface area contributed by atoms with Gasteiger partial charge in [0.15, 0.2) is 0 Å². The Bertz CT molecular complexity index is 640. The Morgan fingerprint density at radius 3 is 2.72 bits per heavy atom. The molecule has 3 rings (SSSR count). The Morgan fingerprint density at radius 1 is 1.20 bits per heavy atom. The molecule has 0 aliphatic carbocycles. The van der Waals surface area contributed by atoms with Crippen LogP contribution in [0.1, 0.15) is 31.7 Å². The number of imidazole rings is 1. The summed E-state index contributed by atoms with van der Waals surface area (Å²) in [5.74, 6) is 1.13. The lowest BCUT2D eigenvalue weighted by molar-refractivity contribution is 0.0325. The first-order valence-corrected chi connectivity index (χ1v) is 9.34. The molecular weight excluding hydrogens is 312 g/mol. The molecule has 2 heterocycles. The van der Waals surface area contributed by atoms with Gasteiger partial charge in [-0.2, -0.15) is 0 Å². The zero-order valence-corrected chi connectivity index (χ0v) is 15.4.